The van der Waals surface area contributed by atoms with Crippen molar-refractivity contribution in [1.29, 1.82) is 0 Å². The standard InChI is InChI=1S/C19H24N4O5S/c1-11-20-19-23(21-11)18(24)17(29-19)15(22-5-7-28-8-6-22)12-9-13(25-2)16(27-4)14(10-12)26-3/h9-10,15,24H,5-8H2,1-4H3/p+1/t15-/m0/s1. The molecule has 156 valence electrons. The number of ether oxygens (including phenoxy) is 4. The van der Waals surface area contributed by atoms with Crippen LogP contribution in [0.25, 0.3) is 4.96 Å². The Hall–Kier alpha value is -2.56. The van der Waals surface area contributed by atoms with Crippen LogP contribution in [0.2, 0.25) is 0 Å². The molecular formula is C19H25N4O5S+. The normalized spacial score (nSPS) is 16.1. The molecule has 29 heavy (non-hydrogen) atoms. The van der Waals surface area contributed by atoms with E-state index in [0.29, 0.717) is 41.2 Å². The minimum absolute atomic E-state index is 0.114. The molecule has 10 heteroatoms. The summed E-state index contributed by atoms with van der Waals surface area (Å²) < 4.78 is 23.6. The number of hydrogen-bond acceptors (Lipinski definition) is 8. The molecule has 9 nitrogen and oxygen atoms in total. The van der Waals surface area contributed by atoms with E-state index in [4.69, 9.17) is 18.9 Å². The zero-order valence-corrected chi connectivity index (χ0v) is 17.7. The number of nitrogens with zero attached hydrogens (tertiary/aromatic N) is 3. The number of aromatic hydroxyl groups is 1. The fourth-order valence-corrected chi connectivity index (χ4v) is 4.99. The number of methoxy groups -OCH3 is 3. The van der Waals surface area contributed by atoms with E-state index in [-0.39, 0.29) is 11.9 Å². The Morgan fingerprint density at radius 2 is 1.79 bits per heavy atom. The maximum absolute atomic E-state index is 11.0. The fourth-order valence-electron chi connectivity index (χ4n) is 3.80. The number of hydrogen-bond donors (Lipinski definition) is 2. The van der Waals surface area contributed by atoms with Gasteiger partial charge in [-0.2, -0.15) is 4.52 Å². The van der Waals surface area contributed by atoms with Crippen LogP contribution in [0.3, 0.4) is 0 Å². The van der Waals surface area contributed by atoms with E-state index in [1.54, 1.807) is 21.3 Å². The van der Waals surface area contributed by atoms with Crippen molar-refractivity contribution < 1.29 is 29.0 Å². The van der Waals surface area contributed by atoms with Crippen LogP contribution >= 0.6 is 11.3 Å². The molecule has 3 heterocycles. The van der Waals surface area contributed by atoms with Gasteiger partial charge in [-0.1, -0.05) is 11.3 Å². The topological polar surface area (TPSA) is 91.8 Å². The third kappa shape index (κ3) is 3.47. The first kappa shape index (κ1) is 19.7. The van der Waals surface area contributed by atoms with Crippen LogP contribution in [-0.4, -0.2) is 67.3 Å². The van der Waals surface area contributed by atoms with Gasteiger partial charge in [0.05, 0.1) is 34.5 Å². The maximum Gasteiger partial charge on any atom is 0.235 e. The van der Waals surface area contributed by atoms with Crippen molar-refractivity contribution in [2.45, 2.75) is 13.0 Å². The van der Waals surface area contributed by atoms with Crippen molar-refractivity contribution in [2.24, 2.45) is 0 Å². The van der Waals surface area contributed by atoms with E-state index in [2.05, 4.69) is 10.1 Å². The molecule has 1 fully saturated rings. The predicted octanol–water partition coefficient (Wildman–Crippen LogP) is 0.835. The molecule has 0 bridgehead atoms. The van der Waals surface area contributed by atoms with Crippen molar-refractivity contribution in [3.63, 3.8) is 0 Å². The minimum atomic E-state index is -0.151. The highest BCUT2D eigenvalue weighted by Crippen LogP contribution is 2.42. The smallest absolute Gasteiger partial charge is 0.235 e. The van der Waals surface area contributed by atoms with Crippen LogP contribution in [0.4, 0.5) is 0 Å². The summed E-state index contributed by atoms with van der Waals surface area (Å²) in [5.41, 5.74) is 0.952. The van der Waals surface area contributed by atoms with Crippen LogP contribution in [0, 0.1) is 6.92 Å². The van der Waals surface area contributed by atoms with Crippen molar-refractivity contribution in [3.8, 4) is 23.1 Å². The first-order valence-corrected chi connectivity index (χ1v) is 10.2. The SMILES string of the molecule is COc1cc([C@@H](c2sc3nc(C)nn3c2O)[NH+]2CCOCC2)cc(OC)c1OC. The van der Waals surface area contributed by atoms with Gasteiger partial charge in [0.2, 0.25) is 16.6 Å². The summed E-state index contributed by atoms with van der Waals surface area (Å²) in [5.74, 6) is 2.44. The minimum Gasteiger partial charge on any atom is -0.493 e. The van der Waals surface area contributed by atoms with Gasteiger partial charge >= 0.3 is 0 Å². The van der Waals surface area contributed by atoms with Crippen molar-refractivity contribution >= 4 is 16.3 Å². The molecular weight excluding hydrogens is 396 g/mol. The summed E-state index contributed by atoms with van der Waals surface area (Å²) in [5, 5.41) is 15.3. The first-order valence-electron chi connectivity index (χ1n) is 9.34. The van der Waals surface area contributed by atoms with Crippen LogP contribution in [0.1, 0.15) is 22.3 Å². The van der Waals surface area contributed by atoms with Crippen LogP contribution < -0.4 is 19.1 Å². The van der Waals surface area contributed by atoms with Gasteiger partial charge in [-0.25, -0.2) is 4.98 Å². The van der Waals surface area contributed by atoms with Gasteiger partial charge in [0, 0.05) is 5.56 Å². The van der Waals surface area contributed by atoms with Gasteiger partial charge < -0.3 is 29.0 Å². The van der Waals surface area contributed by atoms with E-state index in [9.17, 15) is 5.11 Å². The number of benzene rings is 1. The molecule has 4 rings (SSSR count). The highest BCUT2D eigenvalue weighted by molar-refractivity contribution is 7.17. The Kier molecular flexibility index (Phi) is 5.48. The number of nitrogens with one attached hydrogen (secondary N) is 1. The lowest BCUT2D eigenvalue weighted by atomic mass is 10.0. The molecule has 2 N–H and O–H groups in total. The Morgan fingerprint density at radius 1 is 1.14 bits per heavy atom. The Bertz CT molecular complexity index is 987. The zero-order valence-electron chi connectivity index (χ0n) is 16.9. The average molecular weight is 421 g/mol. The van der Waals surface area contributed by atoms with Gasteiger partial charge in [-0.3, -0.25) is 0 Å². The Morgan fingerprint density at radius 3 is 2.34 bits per heavy atom. The number of fused-ring (bicyclic) bond motifs is 1. The molecule has 1 atom stereocenters. The highest BCUT2D eigenvalue weighted by Gasteiger charge is 2.35. The van der Waals surface area contributed by atoms with Gasteiger partial charge in [-0.15, -0.1) is 5.10 Å². The van der Waals surface area contributed by atoms with Crippen molar-refractivity contribution in [2.75, 3.05) is 47.6 Å². The second-order valence-corrected chi connectivity index (χ2v) is 7.81. The summed E-state index contributed by atoms with van der Waals surface area (Å²) >= 11 is 1.44. The third-order valence-corrected chi connectivity index (χ3v) is 6.22. The number of morpholine rings is 1. The maximum atomic E-state index is 11.0. The van der Waals surface area contributed by atoms with E-state index in [0.717, 1.165) is 23.5 Å². The fraction of sp³-hybridized carbons (Fsp3) is 0.474. The molecule has 0 amide bonds. The number of rotatable bonds is 6. The molecule has 0 unspecified atom stereocenters. The molecule has 0 saturated carbocycles. The summed E-state index contributed by atoms with van der Waals surface area (Å²) in [7, 11) is 4.78. The number of thiazole rings is 1. The van der Waals surface area contributed by atoms with E-state index < -0.39 is 0 Å². The van der Waals surface area contributed by atoms with E-state index >= 15 is 0 Å². The van der Waals surface area contributed by atoms with E-state index in [1.807, 2.05) is 19.1 Å². The first-order chi connectivity index (χ1) is 14.1. The number of quaternary nitrogens is 1. The summed E-state index contributed by atoms with van der Waals surface area (Å²) in [6.45, 7) is 4.76. The largest absolute Gasteiger partial charge is 0.493 e. The van der Waals surface area contributed by atoms with Gasteiger partial charge in [0.1, 0.15) is 23.8 Å². The number of aryl methyl sites for hydroxylation is 1. The van der Waals surface area contributed by atoms with Crippen molar-refractivity contribution in [3.05, 3.63) is 28.4 Å². The third-order valence-electron chi connectivity index (χ3n) is 5.13. The Balaban J connectivity index is 1.88. The molecule has 2 aromatic heterocycles. The van der Waals surface area contributed by atoms with Crippen LogP contribution in [-0.2, 0) is 4.74 Å². The Labute approximate surface area is 172 Å². The predicted molar refractivity (Wildman–Crippen MR) is 107 cm³/mol. The second-order valence-electron chi connectivity index (χ2n) is 6.81. The van der Waals surface area contributed by atoms with Crippen molar-refractivity contribution in [1.82, 2.24) is 14.6 Å². The monoisotopic (exact) mass is 421 g/mol. The average Bonchev–Trinajstić information content (AvgIpc) is 3.25. The lowest BCUT2D eigenvalue weighted by Crippen LogP contribution is -3.14. The molecule has 0 radical (unpaired) electrons. The second kappa shape index (κ2) is 8.05. The number of aromatic nitrogens is 3. The summed E-state index contributed by atoms with van der Waals surface area (Å²) in [6, 6.07) is 3.73. The molecule has 1 aliphatic heterocycles. The van der Waals surface area contributed by atoms with Gasteiger partial charge in [0.25, 0.3) is 0 Å². The quantitative estimate of drug-likeness (QED) is 0.609. The molecule has 1 saturated heterocycles. The molecule has 0 aliphatic carbocycles. The van der Waals surface area contributed by atoms with Crippen LogP contribution in [0.15, 0.2) is 12.1 Å². The lowest BCUT2D eigenvalue weighted by molar-refractivity contribution is -0.932. The van der Waals surface area contributed by atoms with E-state index in [1.165, 1.54) is 20.8 Å². The summed E-state index contributed by atoms with van der Waals surface area (Å²) in [4.78, 5) is 7.16. The summed E-state index contributed by atoms with van der Waals surface area (Å²) in [6.07, 6.45) is 0. The van der Waals surface area contributed by atoms with Crippen LogP contribution in [0.5, 0.6) is 23.1 Å². The highest BCUT2D eigenvalue weighted by atomic mass is 32.1. The lowest BCUT2D eigenvalue weighted by Gasteiger charge is -2.31. The van der Waals surface area contributed by atoms with Gasteiger partial charge in [0.15, 0.2) is 17.5 Å². The molecule has 1 aliphatic rings. The molecule has 1 aromatic carbocycles. The van der Waals surface area contributed by atoms with Gasteiger partial charge in [-0.05, 0) is 19.1 Å². The zero-order chi connectivity index (χ0) is 20.5. The molecule has 3 aromatic rings. The molecule has 0 spiro atoms.